The number of aromatic nitrogens is 2. The third kappa shape index (κ3) is 3.32. The zero-order valence-electron chi connectivity index (χ0n) is 12.3. The van der Waals surface area contributed by atoms with Gasteiger partial charge in [-0.2, -0.15) is 0 Å². The van der Waals surface area contributed by atoms with E-state index < -0.39 is 0 Å². The predicted molar refractivity (Wildman–Crippen MR) is 83.0 cm³/mol. The van der Waals surface area contributed by atoms with Gasteiger partial charge >= 0.3 is 0 Å². The third-order valence-corrected chi connectivity index (χ3v) is 3.35. The van der Waals surface area contributed by atoms with Gasteiger partial charge in [-0.3, -0.25) is 4.90 Å². The molecule has 2 aromatic heterocycles. The lowest BCUT2D eigenvalue weighted by molar-refractivity contribution is 0.283. The summed E-state index contributed by atoms with van der Waals surface area (Å²) in [6.07, 6.45) is 5.07. The van der Waals surface area contributed by atoms with Gasteiger partial charge in [-0.1, -0.05) is 0 Å². The highest BCUT2D eigenvalue weighted by molar-refractivity contribution is 5.58. The Morgan fingerprint density at radius 2 is 1.91 bits per heavy atom. The van der Waals surface area contributed by atoms with E-state index in [1.807, 2.05) is 31.3 Å². The van der Waals surface area contributed by atoms with Crippen molar-refractivity contribution in [1.29, 1.82) is 0 Å². The quantitative estimate of drug-likeness (QED) is 0.783. The van der Waals surface area contributed by atoms with E-state index in [0.29, 0.717) is 18.9 Å². The van der Waals surface area contributed by atoms with Crippen molar-refractivity contribution in [3.63, 3.8) is 0 Å². The fraction of sp³-hybridized carbons (Fsp3) is 0.176. The van der Waals surface area contributed by atoms with Crippen LogP contribution in [-0.4, -0.2) is 27.0 Å². The minimum Gasteiger partial charge on any atom is -0.508 e. The number of benzene rings is 1. The van der Waals surface area contributed by atoms with Gasteiger partial charge in [0.05, 0.1) is 12.8 Å². The number of nitrogens with zero attached hydrogens (tertiary/aromatic N) is 3. The predicted octanol–water partition coefficient (Wildman–Crippen LogP) is 3.07. The number of aromatic hydroxyl groups is 1. The van der Waals surface area contributed by atoms with E-state index in [4.69, 9.17) is 4.42 Å². The lowest BCUT2D eigenvalue weighted by Crippen LogP contribution is -2.17. The molecule has 2 heterocycles. The molecule has 0 saturated carbocycles. The highest BCUT2D eigenvalue weighted by atomic mass is 16.3. The number of hydrogen-bond donors (Lipinski definition) is 1. The number of phenols is 1. The van der Waals surface area contributed by atoms with Crippen LogP contribution >= 0.6 is 0 Å². The molecule has 0 unspecified atom stereocenters. The van der Waals surface area contributed by atoms with Crippen LogP contribution in [0.1, 0.15) is 11.3 Å². The molecule has 0 spiro atoms. The molecule has 3 rings (SSSR count). The molecule has 0 atom stereocenters. The Hall–Kier alpha value is -2.66. The number of phenolic OH excluding ortho intramolecular Hbond substituents is 1. The molecule has 1 aromatic carbocycles. The molecule has 5 heteroatoms. The summed E-state index contributed by atoms with van der Waals surface area (Å²) in [5.41, 5.74) is 1.72. The second kappa shape index (κ2) is 6.41. The van der Waals surface area contributed by atoms with Crippen LogP contribution in [0, 0.1) is 0 Å². The maximum atomic E-state index is 10.1. The van der Waals surface area contributed by atoms with Crippen molar-refractivity contribution >= 4 is 0 Å². The fourth-order valence-corrected chi connectivity index (χ4v) is 2.31. The van der Waals surface area contributed by atoms with E-state index >= 15 is 0 Å². The SMILES string of the molecule is CN(Cc1ccco1)Cc1cc(-c2ncccn2)ccc1O. The summed E-state index contributed by atoms with van der Waals surface area (Å²) in [4.78, 5) is 10.5. The van der Waals surface area contributed by atoms with Gasteiger partial charge in [-0.15, -0.1) is 0 Å². The molecule has 112 valence electrons. The Kier molecular flexibility index (Phi) is 4.16. The van der Waals surface area contributed by atoms with Crippen molar-refractivity contribution in [2.75, 3.05) is 7.05 Å². The first-order valence-corrected chi connectivity index (χ1v) is 7.02. The number of hydrogen-bond acceptors (Lipinski definition) is 5. The van der Waals surface area contributed by atoms with Crippen molar-refractivity contribution in [2.45, 2.75) is 13.1 Å². The summed E-state index contributed by atoms with van der Waals surface area (Å²) in [7, 11) is 1.98. The van der Waals surface area contributed by atoms with Gasteiger partial charge in [0.2, 0.25) is 0 Å². The summed E-state index contributed by atoms with van der Waals surface area (Å²) in [6.45, 7) is 1.28. The van der Waals surface area contributed by atoms with Crippen molar-refractivity contribution in [3.8, 4) is 17.1 Å². The first-order valence-electron chi connectivity index (χ1n) is 7.02. The monoisotopic (exact) mass is 295 g/mol. The molecular weight excluding hydrogens is 278 g/mol. The van der Waals surface area contributed by atoms with Crippen molar-refractivity contribution < 1.29 is 9.52 Å². The first-order chi connectivity index (χ1) is 10.7. The summed E-state index contributed by atoms with van der Waals surface area (Å²) in [5.74, 6) is 1.81. The molecule has 0 aliphatic carbocycles. The van der Waals surface area contributed by atoms with Crippen LogP contribution in [0.15, 0.2) is 59.5 Å². The standard InChI is InChI=1S/C17H17N3O2/c1-20(12-15-4-2-9-22-15)11-14-10-13(5-6-16(14)21)17-18-7-3-8-19-17/h2-10,21H,11-12H2,1H3. The van der Waals surface area contributed by atoms with E-state index in [9.17, 15) is 5.11 Å². The average molecular weight is 295 g/mol. The van der Waals surface area contributed by atoms with Gasteiger partial charge in [0.25, 0.3) is 0 Å². The minimum atomic E-state index is 0.269. The van der Waals surface area contributed by atoms with Gasteiger partial charge in [0.15, 0.2) is 5.82 Å². The molecule has 0 amide bonds. The topological polar surface area (TPSA) is 62.4 Å². The molecular formula is C17H17N3O2. The molecule has 5 nitrogen and oxygen atoms in total. The Labute approximate surface area is 128 Å². The zero-order valence-corrected chi connectivity index (χ0v) is 12.3. The summed E-state index contributed by atoms with van der Waals surface area (Å²) >= 11 is 0. The van der Waals surface area contributed by atoms with Crippen molar-refractivity contribution in [2.24, 2.45) is 0 Å². The molecule has 0 aliphatic heterocycles. The highest BCUT2D eigenvalue weighted by Gasteiger charge is 2.10. The molecule has 0 fully saturated rings. The van der Waals surface area contributed by atoms with E-state index in [-0.39, 0.29) is 5.75 Å². The Balaban J connectivity index is 1.78. The molecule has 0 radical (unpaired) electrons. The Morgan fingerprint density at radius 1 is 1.09 bits per heavy atom. The largest absolute Gasteiger partial charge is 0.508 e. The maximum Gasteiger partial charge on any atom is 0.159 e. The highest BCUT2D eigenvalue weighted by Crippen LogP contribution is 2.25. The second-order valence-electron chi connectivity index (χ2n) is 5.17. The van der Waals surface area contributed by atoms with Crippen molar-refractivity contribution in [1.82, 2.24) is 14.9 Å². The van der Waals surface area contributed by atoms with E-state index in [0.717, 1.165) is 16.9 Å². The summed E-state index contributed by atoms with van der Waals surface area (Å²) < 4.78 is 5.34. The van der Waals surface area contributed by atoms with Crippen LogP contribution in [-0.2, 0) is 13.1 Å². The van der Waals surface area contributed by atoms with Gasteiger partial charge in [-0.05, 0) is 43.4 Å². The van der Waals surface area contributed by atoms with Crippen LogP contribution in [0.4, 0.5) is 0 Å². The van der Waals surface area contributed by atoms with E-state index in [1.165, 1.54) is 0 Å². The third-order valence-electron chi connectivity index (χ3n) is 3.35. The molecule has 0 saturated heterocycles. The molecule has 1 N–H and O–H groups in total. The van der Waals surface area contributed by atoms with Crippen LogP contribution < -0.4 is 0 Å². The minimum absolute atomic E-state index is 0.269. The van der Waals surface area contributed by atoms with E-state index in [1.54, 1.807) is 30.8 Å². The summed E-state index contributed by atoms with van der Waals surface area (Å²) in [5, 5.41) is 10.1. The van der Waals surface area contributed by atoms with Gasteiger partial charge in [0.1, 0.15) is 11.5 Å². The smallest absolute Gasteiger partial charge is 0.159 e. The van der Waals surface area contributed by atoms with E-state index in [2.05, 4.69) is 14.9 Å². The fourth-order valence-electron chi connectivity index (χ4n) is 2.31. The molecule has 3 aromatic rings. The van der Waals surface area contributed by atoms with Crippen LogP contribution in [0.5, 0.6) is 5.75 Å². The number of furan rings is 1. The molecule has 0 bridgehead atoms. The van der Waals surface area contributed by atoms with Gasteiger partial charge in [0, 0.05) is 30.1 Å². The molecule has 22 heavy (non-hydrogen) atoms. The first kappa shape index (κ1) is 14.3. The average Bonchev–Trinajstić information content (AvgIpc) is 3.03. The van der Waals surface area contributed by atoms with Crippen molar-refractivity contribution in [3.05, 3.63) is 66.4 Å². The van der Waals surface area contributed by atoms with Crippen LogP contribution in [0.2, 0.25) is 0 Å². The Morgan fingerprint density at radius 3 is 2.64 bits per heavy atom. The number of rotatable bonds is 5. The lowest BCUT2D eigenvalue weighted by Gasteiger charge is -2.16. The summed E-state index contributed by atoms with van der Waals surface area (Å²) in [6, 6.07) is 11.0. The Bertz CT molecular complexity index is 727. The second-order valence-corrected chi connectivity index (χ2v) is 5.17. The van der Waals surface area contributed by atoms with Crippen LogP contribution in [0.3, 0.4) is 0 Å². The van der Waals surface area contributed by atoms with Gasteiger partial charge < -0.3 is 9.52 Å². The zero-order chi connectivity index (χ0) is 15.4. The van der Waals surface area contributed by atoms with Crippen LogP contribution in [0.25, 0.3) is 11.4 Å². The lowest BCUT2D eigenvalue weighted by atomic mass is 10.1. The van der Waals surface area contributed by atoms with Gasteiger partial charge in [-0.25, -0.2) is 9.97 Å². The normalized spacial score (nSPS) is 11.0. The maximum absolute atomic E-state index is 10.1. The molecule has 0 aliphatic rings.